The van der Waals surface area contributed by atoms with Gasteiger partial charge in [-0.25, -0.2) is 0 Å². The van der Waals surface area contributed by atoms with E-state index in [4.69, 9.17) is 0 Å². The van der Waals surface area contributed by atoms with E-state index in [2.05, 4.69) is 13.8 Å². The quantitative estimate of drug-likeness (QED) is 0.163. The number of benzene rings is 2. The Bertz CT molecular complexity index is 1190. The summed E-state index contributed by atoms with van der Waals surface area (Å²) in [7, 11) is 0. The summed E-state index contributed by atoms with van der Waals surface area (Å²) in [5.41, 5.74) is 0.934. The van der Waals surface area contributed by atoms with Crippen molar-refractivity contribution in [3.05, 3.63) is 95.1 Å². The van der Waals surface area contributed by atoms with Crippen molar-refractivity contribution in [2.45, 2.75) is 77.3 Å². The molecule has 0 aliphatic carbocycles. The van der Waals surface area contributed by atoms with E-state index in [1.807, 2.05) is 12.2 Å². The predicted molar refractivity (Wildman–Crippen MR) is 153 cm³/mol. The van der Waals surface area contributed by atoms with Crippen LogP contribution in [0.3, 0.4) is 0 Å². The highest BCUT2D eigenvalue weighted by molar-refractivity contribution is 6.25. The number of nitrogens with zero attached hydrogens (tertiary/aromatic N) is 2. The third-order valence-corrected chi connectivity index (χ3v) is 7.38. The van der Waals surface area contributed by atoms with Gasteiger partial charge in [0.05, 0.1) is 22.3 Å². The first-order chi connectivity index (χ1) is 19.4. The number of fused-ring (bicyclic) bond motifs is 2. The van der Waals surface area contributed by atoms with Crippen LogP contribution in [0.4, 0.5) is 0 Å². The molecule has 0 bridgehead atoms. The first-order valence-electron chi connectivity index (χ1n) is 14.2. The third kappa shape index (κ3) is 5.74. The van der Waals surface area contributed by atoms with Crippen LogP contribution in [0.15, 0.2) is 72.8 Å². The molecule has 7 heteroatoms. The Labute approximate surface area is 235 Å². The van der Waals surface area contributed by atoms with E-state index in [9.17, 15) is 24.0 Å². The van der Waals surface area contributed by atoms with Crippen LogP contribution in [0, 0.1) is 0 Å². The van der Waals surface area contributed by atoms with Gasteiger partial charge in [-0.15, -0.1) is 0 Å². The summed E-state index contributed by atoms with van der Waals surface area (Å²) in [6.45, 7) is 4.18. The number of allylic oxidation sites excluding steroid dienone is 2. The van der Waals surface area contributed by atoms with Gasteiger partial charge >= 0.3 is 0 Å². The van der Waals surface area contributed by atoms with Crippen LogP contribution in [0.2, 0.25) is 0 Å². The van der Waals surface area contributed by atoms with Gasteiger partial charge in [-0.05, 0) is 49.9 Å². The highest BCUT2D eigenvalue weighted by Gasteiger charge is 2.47. The lowest BCUT2D eigenvalue weighted by Crippen LogP contribution is -2.53. The average Bonchev–Trinajstić information content (AvgIpc) is 3.37. The largest absolute Gasteiger partial charge is 0.294 e. The van der Waals surface area contributed by atoms with Crippen molar-refractivity contribution in [3.8, 4) is 0 Å². The number of rotatable bonds is 14. The van der Waals surface area contributed by atoms with Crippen molar-refractivity contribution in [1.29, 1.82) is 0 Å². The van der Waals surface area contributed by atoms with Gasteiger partial charge in [-0.3, -0.25) is 33.8 Å². The molecule has 2 aliphatic heterocycles. The Morgan fingerprint density at radius 1 is 0.600 bits per heavy atom. The second-order valence-corrected chi connectivity index (χ2v) is 10.2. The molecule has 0 aromatic heterocycles. The van der Waals surface area contributed by atoms with Gasteiger partial charge < -0.3 is 0 Å². The van der Waals surface area contributed by atoms with Crippen LogP contribution in [0.5, 0.6) is 0 Å². The van der Waals surface area contributed by atoms with E-state index >= 15 is 0 Å². The SMILES string of the molecule is CCCCCC=CC(C(=O)C(C=CCCCCC)N1C(=O)c2ccccc2C1=O)N1C(=O)c2ccccc2C1=O. The van der Waals surface area contributed by atoms with Crippen molar-refractivity contribution in [2.24, 2.45) is 0 Å². The summed E-state index contributed by atoms with van der Waals surface area (Å²) in [4.78, 5) is 70.0. The molecule has 0 N–H and O–H groups in total. The number of amides is 4. The first-order valence-corrected chi connectivity index (χ1v) is 14.2. The van der Waals surface area contributed by atoms with E-state index in [-0.39, 0.29) is 22.3 Å². The molecule has 2 heterocycles. The molecule has 0 saturated heterocycles. The summed E-state index contributed by atoms with van der Waals surface area (Å²) in [5.74, 6) is -2.84. The topological polar surface area (TPSA) is 91.8 Å². The molecule has 2 atom stereocenters. The number of unbranched alkanes of at least 4 members (excludes halogenated alkanes) is 6. The fraction of sp³-hybridized carbons (Fsp3) is 0.364. The summed E-state index contributed by atoms with van der Waals surface area (Å²) < 4.78 is 0. The Kier molecular flexibility index (Phi) is 9.59. The normalized spacial score (nSPS) is 16.4. The van der Waals surface area contributed by atoms with Crippen molar-refractivity contribution in [2.75, 3.05) is 0 Å². The molecule has 2 aromatic carbocycles. The molecule has 0 fully saturated rings. The summed E-state index contributed by atoms with van der Waals surface area (Å²) >= 11 is 0. The van der Waals surface area contributed by atoms with E-state index < -0.39 is 41.5 Å². The molecule has 4 rings (SSSR count). The van der Waals surface area contributed by atoms with Gasteiger partial charge in [0.1, 0.15) is 12.1 Å². The van der Waals surface area contributed by atoms with Crippen LogP contribution in [-0.4, -0.2) is 51.3 Å². The molecule has 7 nitrogen and oxygen atoms in total. The van der Waals surface area contributed by atoms with Gasteiger partial charge in [-0.1, -0.05) is 88.1 Å². The van der Waals surface area contributed by atoms with E-state index in [1.165, 1.54) is 0 Å². The molecule has 2 unspecified atom stereocenters. The second kappa shape index (κ2) is 13.3. The minimum atomic E-state index is -1.27. The number of hydrogen-bond acceptors (Lipinski definition) is 5. The van der Waals surface area contributed by atoms with Crippen molar-refractivity contribution < 1.29 is 24.0 Å². The first kappa shape index (κ1) is 28.9. The highest BCUT2D eigenvalue weighted by atomic mass is 16.2. The highest BCUT2D eigenvalue weighted by Crippen LogP contribution is 2.30. The molecular formula is C33H36N2O5. The van der Waals surface area contributed by atoms with Crippen LogP contribution in [-0.2, 0) is 4.79 Å². The Balaban J connectivity index is 1.72. The molecule has 0 radical (unpaired) electrons. The Morgan fingerprint density at radius 2 is 0.925 bits per heavy atom. The van der Waals surface area contributed by atoms with E-state index in [1.54, 1.807) is 60.7 Å². The fourth-order valence-corrected chi connectivity index (χ4v) is 5.19. The lowest BCUT2D eigenvalue weighted by atomic mass is 9.99. The maximum atomic E-state index is 14.3. The summed E-state index contributed by atoms with van der Waals surface area (Å²) in [6.07, 6.45) is 14.0. The summed E-state index contributed by atoms with van der Waals surface area (Å²) in [5, 5.41) is 0. The molecule has 0 saturated carbocycles. The van der Waals surface area contributed by atoms with Crippen LogP contribution >= 0.6 is 0 Å². The molecule has 2 aliphatic rings. The van der Waals surface area contributed by atoms with Crippen molar-refractivity contribution >= 4 is 29.4 Å². The minimum absolute atomic E-state index is 0.233. The average molecular weight is 541 g/mol. The van der Waals surface area contributed by atoms with Crippen LogP contribution < -0.4 is 0 Å². The number of carbonyl (C=O) groups is 5. The number of ketones is 1. The molecule has 0 spiro atoms. The maximum Gasteiger partial charge on any atom is 0.262 e. The number of Topliss-reactive ketones (excluding diaryl/α,β-unsaturated/α-hetero) is 1. The standard InChI is InChI=1S/C33H36N2O5/c1-3-5-7-9-11-21-27(34-30(37)23-17-13-14-18-24(23)31(34)38)29(36)28(22-12-10-8-6-4-2)35-32(39)25-19-15-16-20-26(25)33(35)40/h11-22,27-28H,3-10H2,1-2H3. The zero-order valence-corrected chi connectivity index (χ0v) is 23.2. The molecule has 2 aromatic rings. The van der Waals surface area contributed by atoms with Crippen LogP contribution in [0.25, 0.3) is 0 Å². The second-order valence-electron chi connectivity index (χ2n) is 10.2. The Morgan fingerprint density at radius 3 is 1.23 bits per heavy atom. The monoisotopic (exact) mass is 540 g/mol. The molecule has 40 heavy (non-hydrogen) atoms. The van der Waals surface area contributed by atoms with E-state index in [0.29, 0.717) is 12.8 Å². The van der Waals surface area contributed by atoms with Gasteiger partial charge in [0, 0.05) is 0 Å². The van der Waals surface area contributed by atoms with Gasteiger partial charge in [0.25, 0.3) is 23.6 Å². The smallest absolute Gasteiger partial charge is 0.262 e. The molecule has 208 valence electrons. The van der Waals surface area contributed by atoms with Crippen molar-refractivity contribution in [3.63, 3.8) is 0 Å². The minimum Gasteiger partial charge on any atom is -0.294 e. The fourth-order valence-electron chi connectivity index (χ4n) is 5.19. The number of imide groups is 2. The number of hydrogen-bond donors (Lipinski definition) is 0. The predicted octanol–water partition coefficient (Wildman–Crippen LogP) is 6.16. The zero-order valence-electron chi connectivity index (χ0n) is 23.2. The Hall–Kier alpha value is -4.13. The van der Waals surface area contributed by atoms with Gasteiger partial charge in [0.2, 0.25) is 0 Å². The third-order valence-electron chi connectivity index (χ3n) is 7.38. The molecule has 4 amide bonds. The number of carbonyl (C=O) groups excluding carboxylic acids is 5. The van der Waals surface area contributed by atoms with Gasteiger partial charge in [0.15, 0.2) is 5.78 Å². The lowest BCUT2D eigenvalue weighted by Gasteiger charge is -2.29. The van der Waals surface area contributed by atoms with E-state index in [0.717, 1.165) is 48.3 Å². The van der Waals surface area contributed by atoms with Gasteiger partial charge in [-0.2, -0.15) is 0 Å². The molecular weight excluding hydrogens is 504 g/mol. The lowest BCUT2D eigenvalue weighted by molar-refractivity contribution is -0.124. The zero-order chi connectivity index (χ0) is 28.6. The summed E-state index contributed by atoms with van der Waals surface area (Å²) in [6, 6.07) is 10.4. The van der Waals surface area contributed by atoms with Crippen LogP contribution in [0.1, 0.15) is 107 Å². The van der Waals surface area contributed by atoms with Crippen molar-refractivity contribution in [1.82, 2.24) is 9.80 Å². The maximum absolute atomic E-state index is 14.3.